The zero-order valence-corrected chi connectivity index (χ0v) is 115. The van der Waals surface area contributed by atoms with E-state index in [1.807, 2.05) is 694 Å². The van der Waals surface area contributed by atoms with Crippen LogP contribution in [0.2, 0.25) is 0 Å². The number of para-hydroxylation sites is 9. The smallest absolute Gasteiger partial charge is 0.107 e. The Bertz CT molecular complexity index is 3540. The molecule has 884 valence electrons. The van der Waals surface area contributed by atoms with Crippen LogP contribution >= 0.6 is 24.0 Å². The largest absolute Gasteiger partial charge is 0.473 e. The van der Waals surface area contributed by atoms with E-state index in [1.54, 1.807) is 29.1 Å². The number of nitrogen functional groups attached to an aromatic ring is 5. The maximum absolute atomic E-state index is 10.9. The molecule has 0 heterocycles. The second-order valence-electron chi connectivity index (χ2n) is 16.3. The second kappa shape index (κ2) is 293. The summed E-state index contributed by atoms with van der Waals surface area (Å²) >= 11 is 6.38. The quantitative estimate of drug-likeness (QED) is 0.0282. The number of rotatable bonds is 9. The minimum absolute atomic E-state index is 0.363. The average Bonchev–Trinajstić information content (AvgIpc) is 0.916. The minimum Gasteiger partial charge on any atom is -0.473 e. The van der Waals surface area contributed by atoms with Crippen molar-refractivity contribution in [3.63, 3.8) is 0 Å². The Hall–Kier alpha value is -8.95. The molecule has 0 spiro atoms. The Kier molecular flexibility index (Phi) is 441. The highest BCUT2D eigenvalue weighted by atomic mass is 32.8. The van der Waals surface area contributed by atoms with Gasteiger partial charge in [-0.2, -0.15) is 10.2 Å². The van der Waals surface area contributed by atoms with E-state index in [-0.39, 0.29) is 10.3 Å². The van der Waals surface area contributed by atoms with Gasteiger partial charge in [-0.05, 0) is 133 Å². The Morgan fingerprint density at radius 3 is 0.486 bits per heavy atom. The number of carbonyl (C=O) groups excluding carboxylic acids is 1. The summed E-state index contributed by atoms with van der Waals surface area (Å²) in [5.41, 5.74) is 34.4. The van der Waals surface area contributed by atoms with Gasteiger partial charge in [0, 0.05) is 56.1 Å². The molecule has 0 aliphatic heterocycles. The number of hydrogen-bond acceptors (Lipinski definition) is 17. The highest BCUT2D eigenvalue weighted by molar-refractivity contribution is 8.32. The average molecular weight is 2230 g/mol. The Balaban J connectivity index is -0.0000000354. The van der Waals surface area contributed by atoms with Crippen molar-refractivity contribution in [1.82, 2.24) is 0 Å². The molecule has 0 unspecified atom stereocenters. The fourth-order valence-electron chi connectivity index (χ4n) is 5.46. The summed E-state index contributed by atoms with van der Waals surface area (Å²) in [6, 6.07) is 95.5. The third-order valence-electron chi connectivity index (χ3n) is 9.46. The Morgan fingerprint density at radius 2 is 0.372 bits per heavy atom. The summed E-state index contributed by atoms with van der Waals surface area (Å²) in [4.78, 5) is 11.4. The van der Waals surface area contributed by atoms with Crippen LogP contribution in [0.1, 0.15) is 415 Å². The predicted molar refractivity (Wildman–Crippen MR) is 746 cm³/mol. The number of nitrogens with one attached hydrogen (secondary N) is 4. The van der Waals surface area contributed by atoms with E-state index in [9.17, 15) is 17.4 Å². The standard InChI is InChI=1S/C8H8NOS.C8H8NS2.C7H8NO2S2.C7H8NOS2.C7H8S.5C6H7N.30C2H6/c2*1-11(7-10)9-8-5-3-2-4-6-8;1-11(12(9)10)8-7-5-3-2-4-6-7;1-10-11(9)8-7-5-3-2-4-6-7;1-8-7-5-3-2-4-6-7;5*7-6-4-2-1-3-5-6;30*1-2/h2*2-6,9H,1H2;2-6,8H,1H2;2-6H,1H2,(H,8,9);2-6H,1H3;5*1-5H,7H2;30*1-2H3/q4*-1;;;;;;;;;;;;;;;;;;;;;;;;;;;;;;;;;;;;. The molecule has 14 N–H and O–H groups in total. The van der Waals surface area contributed by atoms with Gasteiger partial charge in [0.2, 0.25) is 0 Å². The highest BCUT2D eigenvalue weighted by Crippen LogP contribution is 2.12. The van der Waals surface area contributed by atoms with Crippen LogP contribution in [0.3, 0.4) is 0 Å². The lowest BCUT2D eigenvalue weighted by Gasteiger charge is -2.10. The molecule has 0 saturated carbocycles. The first-order chi connectivity index (χ1) is 72.6. The predicted octanol–water partition coefficient (Wildman–Crippen LogP) is 44.8. The third kappa shape index (κ3) is 259. The zero-order valence-electron chi connectivity index (χ0n) is 108. The van der Waals surface area contributed by atoms with E-state index < -0.39 is 38.3 Å². The molecule has 0 amide bonds. The first kappa shape index (κ1) is 223. The van der Waals surface area contributed by atoms with Crippen molar-refractivity contribution in [3.8, 4) is 0 Å². The molecule has 0 saturated heterocycles. The number of anilines is 9. The van der Waals surface area contributed by atoms with Crippen LogP contribution in [-0.4, -0.2) is 47.7 Å². The van der Waals surface area contributed by atoms with Crippen molar-refractivity contribution in [2.24, 2.45) is 0 Å². The molecule has 13 nitrogen and oxygen atoms in total. The van der Waals surface area contributed by atoms with Crippen molar-refractivity contribution in [2.45, 2.75) is 420 Å². The Morgan fingerprint density at radius 1 is 0.236 bits per heavy atom. The van der Waals surface area contributed by atoms with Crippen LogP contribution < -0.4 is 47.6 Å². The van der Waals surface area contributed by atoms with Gasteiger partial charge in [0.05, 0.1) is 0 Å². The van der Waals surface area contributed by atoms with E-state index >= 15 is 0 Å². The van der Waals surface area contributed by atoms with Crippen molar-refractivity contribution >= 4 is 167 Å². The van der Waals surface area contributed by atoms with Crippen molar-refractivity contribution in [3.05, 3.63) is 303 Å². The number of thioether (sulfide) groups is 1. The van der Waals surface area contributed by atoms with Gasteiger partial charge in [-0.15, -0.1) is 21.3 Å². The van der Waals surface area contributed by atoms with Crippen LogP contribution in [-0.2, 0) is 67.5 Å². The van der Waals surface area contributed by atoms with Gasteiger partial charge in [-0.25, -0.2) is 20.2 Å². The molecule has 148 heavy (non-hydrogen) atoms. The second-order valence-corrected chi connectivity index (χ2v) is 25.8. The summed E-state index contributed by atoms with van der Waals surface area (Å²) in [7, 11) is -4.40. The molecule has 21 heteroatoms. The number of hydrogen-bond donors (Lipinski definition) is 9. The molecular weight excluding hydrogens is 1970 g/mol. The molecule has 0 radical (unpaired) electrons. The normalized spacial score (nSPS) is 6.60. The van der Waals surface area contributed by atoms with E-state index in [4.69, 9.17) is 28.7 Å². The van der Waals surface area contributed by atoms with Crippen LogP contribution in [0.25, 0.3) is 0 Å². The summed E-state index contributed by atoms with van der Waals surface area (Å²) in [6.07, 6.45) is 2.08. The van der Waals surface area contributed by atoms with Gasteiger partial charge in [0.1, 0.15) is 9.26 Å². The van der Waals surface area contributed by atoms with Gasteiger partial charge >= 0.3 is 0 Å². The molecule has 10 aromatic carbocycles. The van der Waals surface area contributed by atoms with Gasteiger partial charge in [0.15, 0.2) is 0 Å². The SMILES string of the molecule is C=S=[S-](=O)Nc1ccccc1.C=[S-](=C=O)Nc1ccccc1.C=[S-](=C=S)Nc1ccccc1.C=[S-](Nc1ccccc1)=S(=O)=O.CC.CC.CC.CC.CC.CC.CC.CC.CC.CC.CC.CC.CC.CC.CC.CC.CC.CC.CC.CC.CC.CC.CC.CC.CC.CC.CC.CC.CC.CC.CSc1ccccc1.Nc1ccccc1.Nc1ccccc1.Nc1ccccc1.Nc1ccccc1.Nc1ccccc1. The molecule has 0 aliphatic rings. The maximum Gasteiger partial charge on any atom is 0.107 e. The maximum atomic E-state index is 10.9. The van der Waals surface area contributed by atoms with E-state index in [1.165, 1.54) is 4.90 Å². The lowest BCUT2D eigenvalue weighted by atomic mass is 10.3. The zero-order chi connectivity index (χ0) is 125. The minimum atomic E-state index is -2.16. The van der Waals surface area contributed by atoms with Crippen molar-refractivity contribution in [2.75, 3.05) is 53.8 Å². The van der Waals surface area contributed by atoms with Gasteiger partial charge in [-0.3, -0.25) is 23.9 Å². The number of benzene rings is 10. The fourth-order valence-corrected chi connectivity index (χ4v) is 8.76. The molecule has 0 aliphatic carbocycles. The monoisotopic (exact) mass is 2230 g/mol. The van der Waals surface area contributed by atoms with Crippen LogP contribution in [0.4, 0.5) is 51.2 Å². The molecule has 0 atom stereocenters. The molecule has 0 fully saturated rings. The lowest BCUT2D eigenvalue weighted by molar-refractivity contribution is 0.572. The van der Waals surface area contributed by atoms with Gasteiger partial charge < -0.3 is 72.3 Å². The van der Waals surface area contributed by atoms with Gasteiger partial charge in [0.25, 0.3) is 0 Å². The van der Waals surface area contributed by atoms with E-state index in [2.05, 4.69) is 77.3 Å². The lowest BCUT2D eigenvalue weighted by Crippen LogP contribution is -1.94. The third-order valence-corrected chi connectivity index (χ3v) is 15.7. The topological polar surface area (TPSA) is 247 Å². The summed E-state index contributed by atoms with van der Waals surface area (Å²) in [5.74, 6) is 14.2. The van der Waals surface area contributed by atoms with E-state index in [0.717, 1.165) is 61.1 Å². The number of thiocarbonyl (C=S) groups is 1. The van der Waals surface area contributed by atoms with Gasteiger partial charge in [-0.1, -0.05) is 616 Å². The first-order valence-corrected chi connectivity index (χ1v) is 65.8. The van der Waals surface area contributed by atoms with Crippen LogP contribution in [0.5, 0.6) is 0 Å². The molecule has 10 aromatic rings. The highest BCUT2D eigenvalue weighted by Gasteiger charge is 1.84. The van der Waals surface area contributed by atoms with Crippen LogP contribution in [0, 0.1) is 0 Å². The summed E-state index contributed by atoms with van der Waals surface area (Å²) in [6.45, 7) is 120. The first-order valence-electron chi connectivity index (χ1n) is 55.8. The van der Waals surface area contributed by atoms with Crippen molar-refractivity contribution in [1.29, 1.82) is 0 Å². The Labute approximate surface area is 953 Å². The fraction of sp³-hybridized carbons (Fsp3) is 0.480. The summed E-state index contributed by atoms with van der Waals surface area (Å²) < 4.78 is 45.8. The summed E-state index contributed by atoms with van der Waals surface area (Å²) in [5, 5.41) is 1.77. The molecule has 0 aromatic heterocycles. The number of nitrogens with two attached hydrogens (primary N) is 5. The molecule has 0 bridgehead atoms. The molecular formula is C127H255N9O4S8-4. The van der Waals surface area contributed by atoms with E-state index in [0.29, 0.717) is 0 Å². The van der Waals surface area contributed by atoms with Crippen molar-refractivity contribution < 1.29 is 17.4 Å². The molecule has 10 rings (SSSR count). The van der Waals surface area contributed by atoms with Crippen LogP contribution in [0.15, 0.2) is 308 Å².